The number of nitrogens with two attached hydrogens (primary N) is 1. The third kappa shape index (κ3) is 2.53. The van der Waals surface area contributed by atoms with Gasteiger partial charge >= 0.3 is 0 Å². The second kappa shape index (κ2) is 5.87. The van der Waals surface area contributed by atoms with Gasteiger partial charge in [0.15, 0.2) is 0 Å². The van der Waals surface area contributed by atoms with Crippen molar-refractivity contribution in [2.75, 3.05) is 5.01 Å². The number of pyridine rings is 1. The van der Waals surface area contributed by atoms with E-state index in [0.29, 0.717) is 0 Å². The van der Waals surface area contributed by atoms with Crippen LogP contribution in [0, 0.1) is 20.8 Å². The van der Waals surface area contributed by atoms with Crippen molar-refractivity contribution in [3.05, 3.63) is 77.4 Å². The van der Waals surface area contributed by atoms with Crippen molar-refractivity contribution < 1.29 is 0 Å². The molecule has 4 rings (SSSR count). The summed E-state index contributed by atoms with van der Waals surface area (Å²) in [4.78, 5) is 4.91. The molecule has 25 heavy (non-hydrogen) atoms. The van der Waals surface area contributed by atoms with E-state index in [-0.39, 0.29) is 0 Å². The minimum atomic E-state index is 0.960. The van der Waals surface area contributed by atoms with Gasteiger partial charge in [0.25, 0.3) is 0 Å². The Bertz CT molecular complexity index is 1100. The standard InChI is InChI=1S/C22H21N3/c1-14-7-6-8-17(13-14)25(23)22-18-9-4-5-10-20(18)24-21-16(3)15(2)11-12-19(21)22/h4-13H,23H2,1-3H3. The van der Waals surface area contributed by atoms with Crippen LogP contribution in [0.15, 0.2) is 60.7 Å². The Morgan fingerprint density at radius 2 is 1.64 bits per heavy atom. The molecule has 2 N–H and O–H groups in total. The highest BCUT2D eigenvalue weighted by Crippen LogP contribution is 2.37. The molecule has 3 aromatic carbocycles. The van der Waals surface area contributed by atoms with E-state index in [1.807, 2.05) is 30.3 Å². The number of anilines is 2. The van der Waals surface area contributed by atoms with Gasteiger partial charge in [-0.25, -0.2) is 10.8 Å². The molecule has 1 heterocycles. The zero-order chi connectivity index (χ0) is 17.6. The largest absolute Gasteiger partial charge is 0.278 e. The minimum absolute atomic E-state index is 0.960. The topological polar surface area (TPSA) is 42.1 Å². The van der Waals surface area contributed by atoms with Gasteiger partial charge in [-0.1, -0.05) is 42.5 Å². The molecule has 0 fully saturated rings. The summed E-state index contributed by atoms with van der Waals surface area (Å²) >= 11 is 0. The number of hydrogen-bond donors (Lipinski definition) is 1. The summed E-state index contributed by atoms with van der Waals surface area (Å²) in [5, 5.41) is 3.92. The van der Waals surface area contributed by atoms with E-state index in [4.69, 9.17) is 10.8 Å². The molecule has 0 radical (unpaired) electrons. The van der Waals surface area contributed by atoms with E-state index < -0.39 is 0 Å². The highest BCUT2D eigenvalue weighted by atomic mass is 15.4. The monoisotopic (exact) mass is 327 g/mol. The van der Waals surface area contributed by atoms with Crippen LogP contribution in [0.3, 0.4) is 0 Å². The summed E-state index contributed by atoms with van der Waals surface area (Å²) in [6.45, 7) is 6.32. The molecule has 0 spiro atoms. The predicted octanol–water partition coefficient (Wildman–Crippen LogP) is 5.33. The summed E-state index contributed by atoms with van der Waals surface area (Å²) in [6.07, 6.45) is 0. The first kappa shape index (κ1) is 15.6. The lowest BCUT2D eigenvalue weighted by Crippen LogP contribution is -2.25. The highest BCUT2D eigenvalue weighted by Gasteiger charge is 2.16. The maximum atomic E-state index is 6.61. The number of aryl methyl sites for hydroxylation is 3. The van der Waals surface area contributed by atoms with Gasteiger partial charge in [-0.2, -0.15) is 0 Å². The molecule has 0 aliphatic carbocycles. The maximum absolute atomic E-state index is 6.61. The zero-order valence-electron chi connectivity index (χ0n) is 14.7. The summed E-state index contributed by atoms with van der Waals surface area (Å²) in [7, 11) is 0. The van der Waals surface area contributed by atoms with Crippen molar-refractivity contribution in [2.24, 2.45) is 5.84 Å². The van der Waals surface area contributed by atoms with Crippen LogP contribution in [0.5, 0.6) is 0 Å². The molecule has 0 unspecified atom stereocenters. The third-order valence-electron chi connectivity index (χ3n) is 4.87. The molecule has 0 aliphatic rings. The molecule has 0 atom stereocenters. The van der Waals surface area contributed by atoms with Crippen molar-refractivity contribution in [1.82, 2.24) is 4.98 Å². The van der Waals surface area contributed by atoms with Gasteiger partial charge in [-0.15, -0.1) is 0 Å². The fourth-order valence-corrected chi connectivity index (χ4v) is 3.34. The van der Waals surface area contributed by atoms with Gasteiger partial charge in [-0.3, -0.25) is 5.01 Å². The van der Waals surface area contributed by atoms with Crippen molar-refractivity contribution in [3.63, 3.8) is 0 Å². The van der Waals surface area contributed by atoms with Gasteiger partial charge in [0.2, 0.25) is 0 Å². The molecule has 124 valence electrons. The molecule has 0 aliphatic heterocycles. The van der Waals surface area contributed by atoms with E-state index >= 15 is 0 Å². The SMILES string of the molecule is Cc1cccc(N(N)c2c3ccccc3nc3c(C)c(C)ccc23)c1. The molecule has 3 heteroatoms. The van der Waals surface area contributed by atoms with Crippen LogP contribution in [0.2, 0.25) is 0 Å². The van der Waals surface area contributed by atoms with Gasteiger partial charge in [0.1, 0.15) is 0 Å². The summed E-state index contributed by atoms with van der Waals surface area (Å²) in [5.41, 5.74) is 7.55. The van der Waals surface area contributed by atoms with E-state index in [2.05, 4.69) is 51.1 Å². The second-order valence-corrected chi connectivity index (χ2v) is 6.59. The van der Waals surface area contributed by atoms with E-state index in [9.17, 15) is 0 Å². The lowest BCUT2D eigenvalue weighted by molar-refractivity contribution is 1.10. The number of hydrogen-bond acceptors (Lipinski definition) is 3. The highest BCUT2D eigenvalue weighted by molar-refractivity contribution is 6.09. The van der Waals surface area contributed by atoms with Gasteiger partial charge in [-0.05, 0) is 55.7 Å². The number of benzene rings is 3. The average molecular weight is 327 g/mol. The van der Waals surface area contributed by atoms with E-state index in [1.165, 1.54) is 16.7 Å². The number of fused-ring (bicyclic) bond motifs is 2. The minimum Gasteiger partial charge on any atom is -0.278 e. The van der Waals surface area contributed by atoms with Gasteiger partial charge < -0.3 is 0 Å². The van der Waals surface area contributed by atoms with Crippen LogP contribution in [0.25, 0.3) is 21.8 Å². The first-order valence-corrected chi connectivity index (χ1v) is 8.46. The first-order valence-electron chi connectivity index (χ1n) is 8.46. The lowest BCUT2D eigenvalue weighted by atomic mass is 10.0. The van der Waals surface area contributed by atoms with E-state index in [0.717, 1.165) is 33.2 Å². The van der Waals surface area contributed by atoms with Crippen molar-refractivity contribution >= 4 is 33.2 Å². The number of rotatable bonds is 2. The maximum Gasteiger partial charge on any atom is 0.0763 e. The van der Waals surface area contributed by atoms with Crippen LogP contribution in [-0.2, 0) is 0 Å². The average Bonchev–Trinajstić information content (AvgIpc) is 2.63. The molecule has 3 nitrogen and oxygen atoms in total. The van der Waals surface area contributed by atoms with Crippen molar-refractivity contribution in [2.45, 2.75) is 20.8 Å². The number of para-hydroxylation sites is 1. The number of hydrazine groups is 1. The fraction of sp³-hybridized carbons (Fsp3) is 0.136. The van der Waals surface area contributed by atoms with Crippen LogP contribution in [0.4, 0.5) is 11.4 Å². The van der Waals surface area contributed by atoms with Crippen LogP contribution in [-0.4, -0.2) is 4.98 Å². The molecule has 0 saturated carbocycles. The fourth-order valence-electron chi connectivity index (χ4n) is 3.34. The number of nitrogens with zero attached hydrogens (tertiary/aromatic N) is 2. The van der Waals surface area contributed by atoms with Crippen molar-refractivity contribution in [1.29, 1.82) is 0 Å². The van der Waals surface area contributed by atoms with E-state index in [1.54, 1.807) is 5.01 Å². The van der Waals surface area contributed by atoms with Gasteiger partial charge in [0, 0.05) is 10.8 Å². The van der Waals surface area contributed by atoms with Gasteiger partial charge in [0.05, 0.1) is 22.4 Å². The predicted molar refractivity (Wildman–Crippen MR) is 106 cm³/mol. The Hall–Kier alpha value is -2.91. The Morgan fingerprint density at radius 1 is 0.840 bits per heavy atom. The Labute approximate surface area is 147 Å². The quantitative estimate of drug-likeness (QED) is 0.307. The van der Waals surface area contributed by atoms with Crippen LogP contribution >= 0.6 is 0 Å². The molecule has 1 aromatic heterocycles. The molecule has 0 saturated heterocycles. The van der Waals surface area contributed by atoms with Crippen molar-refractivity contribution in [3.8, 4) is 0 Å². The molecular formula is C22H21N3. The zero-order valence-corrected chi connectivity index (χ0v) is 14.7. The Kier molecular flexibility index (Phi) is 3.66. The third-order valence-corrected chi connectivity index (χ3v) is 4.87. The Balaban J connectivity index is 2.10. The summed E-state index contributed by atoms with van der Waals surface area (Å²) in [5.74, 6) is 6.61. The smallest absolute Gasteiger partial charge is 0.0763 e. The lowest BCUT2D eigenvalue weighted by Gasteiger charge is -2.23. The second-order valence-electron chi connectivity index (χ2n) is 6.59. The molecule has 4 aromatic rings. The summed E-state index contributed by atoms with van der Waals surface area (Å²) in [6, 6.07) is 20.7. The van der Waals surface area contributed by atoms with Crippen LogP contribution in [0.1, 0.15) is 16.7 Å². The summed E-state index contributed by atoms with van der Waals surface area (Å²) < 4.78 is 0. The molecule has 0 amide bonds. The molecular weight excluding hydrogens is 306 g/mol. The number of aromatic nitrogens is 1. The normalized spacial score (nSPS) is 11.2. The Morgan fingerprint density at radius 3 is 2.44 bits per heavy atom. The molecule has 0 bridgehead atoms. The van der Waals surface area contributed by atoms with Crippen LogP contribution < -0.4 is 10.9 Å². The first-order chi connectivity index (χ1) is 12.1.